The van der Waals surface area contributed by atoms with Crippen molar-refractivity contribution < 1.29 is 9.18 Å². The van der Waals surface area contributed by atoms with E-state index in [9.17, 15) is 9.18 Å². The summed E-state index contributed by atoms with van der Waals surface area (Å²) in [5.41, 5.74) is 2.77. The lowest BCUT2D eigenvalue weighted by atomic mass is 9.96. The fraction of sp³-hybridized carbons (Fsp3) is 0.450. The molecule has 1 aromatic heterocycles. The number of benzene rings is 1. The number of nitrogens with zero attached hydrogens (tertiary/aromatic N) is 3. The Morgan fingerprint density at radius 1 is 1.23 bits per heavy atom. The summed E-state index contributed by atoms with van der Waals surface area (Å²) in [7, 11) is 0. The number of nitrogens with one attached hydrogen (secondary N) is 1. The van der Waals surface area contributed by atoms with Crippen LogP contribution >= 0.6 is 0 Å². The first-order valence-corrected chi connectivity index (χ1v) is 9.25. The van der Waals surface area contributed by atoms with Gasteiger partial charge in [0.1, 0.15) is 17.5 Å². The Labute approximate surface area is 152 Å². The molecular weight excluding hydrogens is 331 g/mol. The number of amides is 1. The number of fused-ring (bicyclic) bond motifs is 1. The van der Waals surface area contributed by atoms with Crippen LogP contribution in [0.2, 0.25) is 0 Å². The van der Waals surface area contributed by atoms with E-state index in [1.54, 1.807) is 11.0 Å². The topological polar surface area (TPSA) is 58.1 Å². The maximum atomic E-state index is 13.6. The predicted molar refractivity (Wildman–Crippen MR) is 97.5 cm³/mol. The summed E-state index contributed by atoms with van der Waals surface area (Å²) < 4.78 is 13.6. The number of carbonyl (C=O) groups is 1. The van der Waals surface area contributed by atoms with Gasteiger partial charge in [-0.2, -0.15) is 0 Å². The molecule has 1 N–H and O–H groups in total. The van der Waals surface area contributed by atoms with E-state index in [0.717, 1.165) is 48.6 Å². The van der Waals surface area contributed by atoms with Gasteiger partial charge in [-0.3, -0.25) is 9.69 Å². The van der Waals surface area contributed by atoms with Gasteiger partial charge in [0.15, 0.2) is 0 Å². The van der Waals surface area contributed by atoms with Crippen molar-refractivity contribution in [3.05, 3.63) is 52.7 Å². The van der Waals surface area contributed by atoms with Crippen LogP contribution in [0.15, 0.2) is 24.3 Å². The van der Waals surface area contributed by atoms with Crippen molar-refractivity contribution in [2.75, 3.05) is 18.0 Å². The molecule has 2 aliphatic heterocycles. The van der Waals surface area contributed by atoms with E-state index >= 15 is 0 Å². The number of halogens is 1. The zero-order valence-corrected chi connectivity index (χ0v) is 15.0. The molecule has 1 aromatic carbocycles. The molecule has 2 aromatic rings. The van der Waals surface area contributed by atoms with Crippen LogP contribution in [-0.2, 0) is 17.8 Å². The van der Waals surface area contributed by atoms with Crippen LogP contribution in [0.1, 0.15) is 47.8 Å². The molecule has 3 heterocycles. The third-order valence-corrected chi connectivity index (χ3v) is 5.29. The molecular formula is C20H23FN4O. The summed E-state index contributed by atoms with van der Waals surface area (Å²) >= 11 is 0. The Kier molecular flexibility index (Phi) is 4.68. The standard InChI is InChI=1S/C20H23FN4O/c1-13-17-5-6-18(26)25(12-14-3-2-4-16(21)11-14)20(17)24-19(23-13)15-7-9-22-10-8-15/h2-4,11,15,22H,5-10,12H2,1H3. The van der Waals surface area contributed by atoms with Gasteiger partial charge in [0.05, 0.1) is 6.54 Å². The van der Waals surface area contributed by atoms with Crippen molar-refractivity contribution in [3.8, 4) is 0 Å². The summed E-state index contributed by atoms with van der Waals surface area (Å²) in [6.07, 6.45) is 3.14. The smallest absolute Gasteiger partial charge is 0.228 e. The van der Waals surface area contributed by atoms with Gasteiger partial charge in [-0.1, -0.05) is 12.1 Å². The van der Waals surface area contributed by atoms with Gasteiger partial charge in [0.25, 0.3) is 0 Å². The number of hydrogen-bond acceptors (Lipinski definition) is 4. The van der Waals surface area contributed by atoms with Crippen molar-refractivity contribution in [1.82, 2.24) is 15.3 Å². The molecule has 0 saturated carbocycles. The Hall–Kier alpha value is -2.34. The summed E-state index contributed by atoms with van der Waals surface area (Å²) in [5.74, 6) is 1.62. The molecule has 26 heavy (non-hydrogen) atoms. The molecule has 0 unspecified atom stereocenters. The van der Waals surface area contributed by atoms with Gasteiger partial charge in [-0.25, -0.2) is 14.4 Å². The molecule has 1 saturated heterocycles. The predicted octanol–water partition coefficient (Wildman–Crippen LogP) is 2.87. The van der Waals surface area contributed by atoms with Crippen LogP contribution in [0.4, 0.5) is 10.2 Å². The number of aromatic nitrogens is 2. The van der Waals surface area contributed by atoms with Gasteiger partial charge in [0.2, 0.25) is 5.91 Å². The molecule has 1 fully saturated rings. The van der Waals surface area contributed by atoms with Crippen LogP contribution in [-0.4, -0.2) is 29.0 Å². The normalized spacial score (nSPS) is 18.1. The lowest BCUT2D eigenvalue weighted by Crippen LogP contribution is -2.37. The molecule has 136 valence electrons. The van der Waals surface area contributed by atoms with E-state index in [4.69, 9.17) is 9.97 Å². The molecule has 1 amide bonds. The van der Waals surface area contributed by atoms with E-state index in [0.29, 0.717) is 31.1 Å². The fourth-order valence-electron chi connectivity index (χ4n) is 3.85. The highest BCUT2D eigenvalue weighted by atomic mass is 19.1. The average Bonchev–Trinajstić information content (AvgIpc) is 2.65. The van der Waals surface area contributed by atoms with Crippen molar-refractivity contribution in [3.63, 3.8) is 0 Å². The van der Waals surface area contributed by atoms with Crippen molar-refractivity contribution >= 4 is 11.7 Å². The van der Waals surface area contributed by atoms with E-state index in [1.165, 1.54) is 12.1 Å². The minimum Gasteiger partial charge on any atom is -0.317 e. The molecule has 6 heteroatoms. The van der Waals surface area contributed by atoms with Gasteiger partial charge in [-0.05, 0) is 57.0 Å². The highest BCUT2D eigenvalue weighted by Crippen LogP contribution is 2.32. The number of carbonyl (C=O) groups excluding carboxylic acids is 1. The Bertz CT molecular complexity index is 833. The van der Waals surface area contributed by atoms with E-state index < -0.39 is 0 Å². The number of hydrogen-bond donors (Lipinski definition) is 1. The second-order valence-electron chi connectivity index (χ2n) is 7.10. The van der Waals surface area contributed by atoms with Crippen LogP contribution in [0, 0.1) is 12.7 Å². The molecule has 2 aliphatic rings. The molecule has 0 bridgehead atoms. The molecule has 5 nitrogen and oxygen atoms in total. The SMILES string of the molecule is Cc1nc(C2CCNCC2)nc2c1CCC(=O)N2Cc1cccc(F)c1. The first-order valence-electron chi connectivity index (χ1n) is 9.25. The minimum absolute atomic E-state index is 0.0381. The quantitative estimate of drug-likeness (QED) is 0.921. The van der Waals surface area contributed by atoms with Gasteiger partial charge in [0, 0.05) is 23.6 Å². The Morgan fingerprint density at radius 2 is 2.04 bits per heavy atom. The molecule has 4 rings (SSSR count). The number of rotatable bonds is 3. The number of piperidine rings is 1. The van der Waals surface area contributed by atoms with E-state index in [1.807, 2.05) is 13.0 Å². The highest BCUT2D eigenvalue weighted by molar-refractivity contribution is 5.95. The number of anilines is 1. The van der Waals surface area contributed by atoms with E-state index in [2.05, 4.69) is 5.32 Å². The Balaban J connectivity index is 1.70. The van der Waals surface area contributed by atoms with Crippen LogP contribution in [0.3, 0.4) is 0 Å². The van der Waals surface area contributed by atoms with Crippen LogP contribution in [0.25, 0.3) is 0 Å². The third-order valence-electron chi connectivity index (χ3n) is 5.29. The second-order valence-corrected chi connectivity index (χ2v) is 7.10. The minimum atomic E-state index is -0.290. The monoisotopic (exact) mass is 354 g/mol. The van der Waals surface area contributed by atoms with Crippen molar-refractivity contribution in [2.24, 2.45) is 0 Å². The van der Waals surface area contributed by atoms with Gasteiger partial charge >= 0.3 is 0 Å². The molecule has 0 atom stereocenters. The molecule has 0 radical (unpaired) electrons. The van der Waals surface area contributed by atoms with Crippen molar-refractivity contribution in [1.29, 1.82) is 0 Å². The maximum absolute atomic E-state index is 13.6. The first kappa shape index (κ1) is 17.1. The largest absolute Gasteiger partial charge is 0.317 e. The molecule has 0 aliphatic carbocycles. The fourth-order valence-corrected chi connectivity index (χ4v) is 3.85. The zero-order chi connectivity index (χ0) is 18.1. The third kappa shape index (κ3) is 3.33. The molecule has 0 spiro atoms. The Morgan fingerprint density at radius 3 is 2.81 bits per heavy atom. The summed E-state index contributed by atoms with van der Waals surface area (Å²) in [4.78, 5) is 23.9. The first-order chi connectivity index (χ1) is 12.6. The van der Waals surface area contributed by atoms with Gasteiger partial charge < -0.3 is 5.32 Å². The van der Waals surface area contributed by atoms with Crippen molar-refractivity contribution in [2.45, 2.75) is 45.1 Å². The summed E-state index contributed by atoms with van der Waals surface area (Å²) in [5, 5.41) is 3.36. The summed E-state index contributed by atoms with van der Waals surface area (Å²) in [6, 6.07) is 6.40. The van der Waals surface area contributed by atoms with Crippen LogP contribution in [0.5, 0.6) is 0 Å². The van der Waals surface area contributed by atoms with Gasteiger partial charge in [-0.15, -0.1) is 0 Å². The van der Waals surface area contributed by atoms with Crippen LogP contribution < -0.4 is 10.2 Å². The highest BCUT2D eigenvalue weighted by Gasteiger charge is 2.29. The lowest BCUT2D eigenvalue weighted by molar-refractivity contribution is -0.119. The number of aryl methyl sites for hydroxylation is 1. The summed E-state index contributed by atoms with van der Waals surface area (Å²) in [6.45, 7) is 4.28. The lowest BCUT2D eigenvalue weighted by Gasteiger charge is -2.31. The average molecular weight is 354 g/mol. The second kappa shape index (κ2) is 7.11. The van der Waals surface area contributed by atoms with E-state index in [-0.39, 0.29) is 11.7 Å². The zero-order valence-electron chi connectivity index (χ0n) is 15.0. The maximum Gasteiger partial charge on any atom is 0.228 e.